The summed E-state index contributed by atoms with van der Waals surface area (Å²) in [5.41, 5.74) is 1.43. The van der Waals surface area contributed by atoms with Crippen LogP contribution in [0.15, 0.2) is 30.3 Å². The Hall–Kier alpha value is -0.900. The van der Waals surface area contributed by atoms with E-state index >= 15 is 0 Å². The molecule has 2 saturated heterocycles. The second kappa shape index (κ2) is 7.39. The molecule has 3 rings (SSSR count). The maximum Gasteiger partial charge on any atom is 0.0332 e. The predicted molar refractivity (Wildman–Crippen MR) is 88.5 cm³/mol. The van der Waals surface area contributed by atoms with Gasteiger partial charge in [0, 0.05) is 38.3 Å². The van der Waals surface area contributed by atoms with Crippen molar-refractivity contribution in [3.63, 3.8) is 0 Å². The lowest BCUT2D eigenvalue weighted by atomic mass is 10.0. The van der Waals surface area contributed by atoms with E-state index < -0.39 is 0 Å². The molecule has 0 aliphatic carbocycles. The van der Waals surface area contributed by atoms with E-state index in [1.54, 1.807) is 0 Å². The van der Waals surface area contributed by atoms with Gasteiger partial charge in [0.05, 0.1) is 0 Å². The van der Waals surface area contributed by atoms with Gasteiger partial charge in [-0.2, -0.15) is 0 Å². The number of benzene rings is 1. The molecule has 0 aromatic heterocycles. The molecule has 1 aromatic carbocycles. The average molecular weight is 287 g/mol. The van der Waals surface area contributed by atoms with Crippen LogP contribution >= 0.6 is 0 Å². The molecule has 3 heteroatoms. The van der Waals surface area contributed by atoms with Crippen LogP contribution in [0.1, 0.15) is 37.8 Å². The third kappa shape index (κ3) is 3.85. The van der Waals surface area contributed by atoms with Gasteiger partial charge < -0.3 is 10.2 Å². The molecular formula is C18H29N3. The Balaban J connectivity index is 1.52. The summed E-state index contributed by atoms with van der Waals surface area (Å²) >= 11 is 0. The fourth-order valence-corrected chi connectivity index (χ4v) is 3.89. The summed E-state index contributed by atoms with van der Waals surface area (Å²) in [7, 11) is 0. The van der Waals surface area contributed by atoms with Crippen molar-refractivity contribution in [2.24, 2.45) is 0 Å². The van der Waals surface area contributed by atoms with Gasteiger partial charge in [-0.3, -0.25) is 4.90 Å². The summed E-state index contributed by atoms with van der Waals surface area (Å²) < 4.78 is 0. The molecule has 2 heterocycles. The van der Waals surface area contributed by atoms with Gasteiger partial charge in [0.2, 0.25) is 0 Å². The molecule has 0 saturated carbocycles. The highest BCUT2D eigenvalue weighted by molar-refractivity contribution is 5.18. The molecule has 0 bridgehead atoms. The molecule has 1 aromatic rings. The number of hydrogen-bond acceptors (Lipinski definition) is 3. The average Bonchev–Trinajstić information content (AvgIpc) is 3.00. The monoisotopic (exact) mass is 287 g/mol. The maximum atomic E-state index is 3.65. The quantitative estimate of drug-likeness (QED) is 0.867. The number of rotatable bonds is 6. The van der Waals surface area contributed by atoms with Gasteiger partial charge in [0.15, 0.2) is 0 Å². The van der Waals surface area contributed by atoms with Crippen LogP contribution in [0.25, 0.3) is 0 Å². The first-order valence-electron chi connectivity index (χ1n) is 8.61. The minimum atomic E-state index is 0.498. The van der Waals surface area contributed by atoms with Crippen molar-refractivity contribution in [3.05, 3.63) is 35.9 Å². The van der Waals surface area contributed by atoms with E-state index in [0.717, 1.165) is 12.6 Å². The van der Waals surface area contributed by atoms with Gasteiger partial charge in [-0.25, -0.2) is 0 Å². The Morgan fingerprint density at radius 3 is 2.86 bits per heavy atom. The molecule has 2 atom stereocenters. The highest BCUT2D eigenvalue weighted by Crippen LogP contribution is 2.23. The normalized spacial score (nSPS) is 24.9. The van der Waals surface area contributed by atoms with Crippen LogP contribution in [0.3, 0.4) is 0 Å². The van der Waals surface area contributed by atoms with E-state index in [2.05, 4.69) is 52.4 Å². The lowest BCUT2D eigenvalue weighted by Crippen LogP contribution is -2.50. The fourth-order valence-electron chi connectivity index (χ4n) is 3.89. The summed E-state index contributed by atoms with van der Waals surface area (Å²) in [6.07, 6.45) is 4.03. The molecule has 0 amide bonds. The van der Waals surface area contributed by atoms with E-state index in [1.165, 1.54) is 57.5 Å². The summed E-state index contributed by atoms with van der Waals surface area (Å²) in [6, 6.07) is 12.2. The van der Waals surface area contributed by atoms with Crippen LogP contribution in [0.4, 0.5) is 0 Å². The second-order valence-corrected chi connectivity index (χ2v) is 6.44. The summed E-state index contributed by atoms with van der Waals surface area (Å²) in [5.74, 6) is 0. The number of piperazine rings is 1. The van der Waals surface area contributed by atoms with Gasteiger partial charge >= 0.3 is 0 Å². The Labute approximate surface area is 129 Å². The highest BCUT2D eigenvalue weighted by atomic mass is 15.3. The zero-order valence-electron chi connectivity index (χ0n) is 13.3. The zero-order valence-corrected chi connectivity index (χ0v) is 13.3. The van der Waals surface area contributed by atoms with Gasteiger partial charge in [-0.15, -0.1) is 0 Å². The molecule has 21 heavy (non-hydrogen) atoms. The van der Waals surface area contributed by atoms with E-state index in [9.17, 15) is 0 Å². The van der Waals surface area contributed by atoms with Crippen molar-refractivity contribution in [3.8, 4) is 0 Å². The molecule has 3 nitrogen and oxygen atoms in total. The molecule has 1 N–H and O–H groups in total. The number of fused-ring (bicyclic) bond motifs is 1. The van der Waals surface area contributed by atoms with Gasteiger partial charge in [0.1, 0.15) is 0 Å². The lowest BCUT2D eigenvalue weighted by molar-refractivity contribution is 0.101. The van der Waals surface area contributed by atoms with Gasteiger partial charge in [-0.05, 0) is 37.9 Å². The van der Waals surface area contributed by atoms with Crippen LogP contribution in [-0.4, -0.2) is 55.1 Å². The molecule has 2 aliphatic rings. The molecule has 0 radical (unpaired) electrons. The summed E-state index contributed by atoms with van der Waals surface area (Å²) in [6.45, 7) is 9.61. The van der Waals surface area contributed by atoms with E-state index in [0.29, 0.717) is 6.04 Å². The third-order valence-corrected chi connectivity index (χ3v) is 5.06. The first-order valence-corrected chi connectivity index (χ1v) is 8.61. The lowest BCUT2D eigenvalue weighted by Gasteiger charge is -2.38. The Bertz CT molecular complexity index is 420. The fraction of sp³-hybridized carbons (Fsp3) is 0.667. The Morgan fingerprint density at radius 1 is 1.19 bits per heavy atom. The molecule has 2 fully saturated rings. The van der Waals surface area contributed by atoms with Crippen molar-refractivity contribution in [1.82, 2.24) is 15.1 Å². The van der Waals surface area contributed by atoms with Crippen LogP contribution in [0.2, 0.25) is 0 Å². The molecule has 116 valence electrons. The molecule has 2 unspecified atom stereocenters. The zero-order chi connectivity index (χ0) is 14.5. The van der Waals surface area contributed by atoms with Crippen LogP contribution in [0.5, 0.6) is 0 Å². The van der Waals surface area contributed by atoms with Crippen molar-refractivity contribution < 1.29 is 0 Å². The Kier molecular flexibility index (Phi) is 5.28. The van der Waals surface area contributed by atoms with Crippen LogP contribution in [0, 0.1) is 0 Å². The van der Waals surface area contributed by atoms with Crippen LogP contribution in [-0.2, 0) is 0 Å². The maximum absolute atomic E-state index is 3.65. The minimum Gasteiger partial charge on any atom is -0.310 e. The van der Waals surface area contributed by atoms with Gasteiger partial charge in [-0.1, -0.05) is 37.3 Å². The first kappa shape index (κ1) is 15.0. The number of nitrogens with one attached hydrogen (secondary N) is 1. The Morgan fingerprint density at radius 2 is 2.05 bits per heavy atom. The van der Waals surface area contributed by atoms with Crippen molar-refractivity contribution in [1.29, 1.82) is 0 Å². The highest BCUT2D eigenvalue weighted by Gasteiger charge is 2.30. The largest absolute Gasteiger partial charge is 0.310 e. The van der Waals surface area contributed by atoms with Crippen molar-refractivity contribution in [2.75, 3.05) is 39.3 Å². The summed E-state index contributed by atoms with van der Waals surface area (Å²) in [4.78, 5) is 5.37. The molecule has 0 spiro atoms. The smallest absolute Gasteiger partial charge is 0.0332 e. The van der Waals surface area contributed by atoms with Crippen molar-refractivity contribution >= 4 is 0 Å². The van der Waals surface area contributed by atoms with Crippen molar-refractivity contribution in [2.45, 2.75) is 38.3 Å². The summed E-state index contributed by atoms with van der Waals surface area (Å²) in [5, 5.41) is 3.65. The topological polar surface area (TPSA) is 18.5 Å². The van der Waals surface area contributed by atoms with E-state index in [1.807, 2.05) is 0 Å². The SMILES string of the molecule is CCNC(CCN1CCN2CCCC2C1)c1ccccc1. The number of nitrogens with zero attached hydrogens (tertiary/aromatic N) is 2. The predicted octanol–water partition coefficient (Wildman–Crippen LogP) is 2.51. The molecule has 2 aliphatic heterocycles. The van der Waals surface area contributed by atoms with E-state index in [-0.39, 0.29) is 0 Å². The van der Waals surface area contributed by atoms with Gasteiger partial charge in [0.25, 0.3) is 0 Å². The third-order valence-electron chi connectivity index (χ3n) is 5.06. The van der Waals surface area contributed by atoms with Crippen LogP contribution < -0.4 is 5.32 Å². The van der Waals surface area contributed by atoms with E-state index in [4.69, 9.17) is 0 Å². The molecular weight excluding hydrogens is 258 g/mol. The first-order chi connectivity index (χ1) is 10.4. The standard InChI is InChI=1S/C18H29N3/c1-2-19-18(16-7-4-3-5-8-16)10-12-20-13-14-21-11-6-9-17(21)15-20/h3-5,7-8,17-19H,2,6,9-15H2,1H3. The number of hydrogen-bond donors (Lipinski definition) is 1. The minimum absolute atomic E-state index is 0.498. The second-order valence-electron chi connectivity index (χ2n) is 6.44.